The van der Waals surface area contributed by atoms with Gasteiger partial charge in [-0.15, -0.1) is 0 Å². The summed E-state index contributed by atoms with van der Waals surface area (Å²) in [4.78, 5) is 4.60. The van der Waals surface area contributed by atoms with Crippen molar-refractivity contribution in [2.24, 2.45) is 0 Å². The average Bonchev–Trinajstić information content (AvgIpc) is 3.21. The molecule has 6 aromatic carbocycles. The maximum Gasteiger partial charge on any atom is 0.0487 e. The van der Waals surface area contributed by atoms with Gasteiger partial charge in [0.25, 0.3) is 0 Å². The first-order valence-electron chi connectivity index (χ1n) is 18.5. The van der Waals surface area contributed by atoms with Crippen LogP contribution in [-0.4, -0.2) is 14.1 Å². The van der Waals surface area contributed by atoms with Crippen LogP contribution in [0.25, 0.3) is 33.4 Å². The molecule has 0 aliphatic carbocycles. The summed E-state index contributed by atoms with van der Waals surface area (Å²) in [5.41, 5.74) is 14.6. The Labute approximate surface area is 305 Å². The lowest BCUT2D eigenvalue weighted by Gasteiger charge is -2.26. The number of anilines is 4. The van der Waals surface area contributed by atoms with Crippen LogP contribution in [0, 0.1) is 13.8 Å². The van der Waals surface area contributed by atoms with Gasteiger partial charge < -0.3 is 9.80 Å². The van der Waals surface area contributed by atoms with Crippen LogP contribution < -0.4 is 9.80 Å². The molecule has 6 rings (SSSR count). The lowest BCUT2D eigenvalue weighted by molar-refractivity contribution is 1.18. The molecule has 0 aromatic heterocycles. The summed E-state index contributed by atoms with van der Waals surface area (Å²) in [6, 6.07) is 52.0. The Bertz CT molecular complexity index is 1690. The zero-order chi connectivity index (χ0) is 37.1. The van der Waals surface area contributed by atoms with Gasteiger partial charge >= 0.3 is 0 Å². The minimum absolute atomic E-state index is 1.19. The molecular formula is C48H60N2. The Morgan fingerprint density at radius 3 is 0.920 bits per heavy atom. The molecule has 0 radical (unpaired) electrons. The van der Waals surface area contributed by atoms with Gasteiger partial charge in [0.2, 0.25) is 0 Å². The van der Waals surface area contributed by atoms with Gasteiger partial charge in [-0.3, -0.25) is 0 Å². The number of hydrogen-bond acceptors (Lipinski definition) is 2. The van der Waals surface area contributed by atoms with Crippen LogP contribution in [0.5, 0.6) is 0 Å². The Balaban J connectivity index is 0.00000101. The lowest BCUT2D eigenvalue weighted by Crippen LogP contribution is -2.12. The van der Waals surface area contributed by atoms with Crippen LogP contribution in [0.3, 0.4) is 0 Å². The van der Waals surface area contributed by atoms with Crippen LogP contribution in [0.2, 0.25) is 0 Å². The summed E-state index contributed by atoms with van der Waals surface area (Å²) < 4.78 is 0. The fourth-order valence-electron chi connectivity index (χ4n) is 5.94. The molecule has 262 valence electrons. The fraction of sp³-hybridized carbons (Fsp3) is 0.250. The maximum atomic E-state index is 2.31. The molecule has 6 aromatic rings. The third kappa shape index (κ3) is 9.98. The molecule has 0 fully saturated rings. The predicted octanol–water partition coefficient (Wildman–Crippen LogP) is 14.9. The number of benzene rings is 6. The van der Waals surface area contributed by atoms with Gasteiger partial charge in [0.05, 0.1) is 0 Å². The van der Waals surface area contributed by atoms with E-state index in [0.717, 1.165) is 0 Å². The molecule has 0 saturated carbocycles. The molecular weight excluding hydrogens is 605 g/mol. The number of hydrogen-bond donors (Lipinski definition) is 0. The number of aryl methyl sites for hydroxylation is 2. The first-order chi connectivity index (χ1) is 24.5. The van der Waals surface area contributed by atoms with Crippen molar-refractivity contribution in [3.63, 3.8) is 0 Å². The van der Waals surface area contributed by atoms with Crippen LogP contribution in [0.4, 0.5) is 22.7 Å². The molecule has 0 amide bonds. The molecule has 50 heavy (non-hydrogen) atoms. The van der Waals surface area contributed by atoms with Gasteiger partial charge in [0, 0.05) is 48.0 Å². The van der Waals surface area contributed by atoms with Crippen molar-refractivity contribution >= 4 is 22.7 Å². The number of nitrogens with zero attached hydrogens (tertiary/aromatic N) is 2. The Kier molecular flexibility index (Phi) is 17.9. The summed E-state index contributed by atoms with van der Waals surface area (Å²) in [7, 11) is 4.32. The van der Waals surface area contributed by atoms with E-state index in [1.54, 1.807) is 0 Å². The highest BCUT2D eigenvalue weighted by Crippen LogP contribution is 2.39. The second-order valence-corrected chi connectivity index (χ2v) is 10.9. The van der Waals surface area contributed by atoms with Crippen molar-refractivity contribution in [3.05, 3.63) is 157 Å². The van der Waals surface area contributed by atoms with Crippen LogP contribution in [-0.2, 0) is 0 Å². The van der Waals surface area contributed by atoms with E-state index in [2.05, 4.69) is 183 Å². The monoisotopic (exact) mass is 664 g/mol. The van der Waals surface area contributed by atoms with Gasteiger partial charge in [-0.1, -0.05) is 165 Å². The van der Waals surface area contributed by atoms with E-state index in [4.69, 9.17) is 0 Å². The second kappa shape index (κ2) is 21.8. The molecule has 0 unspecified atom stereocenters. The van der Waals surface area contributed by atoms with Crippen molar-refractivity contribution in [2.75, 3.05) is 23.9 Å². The highest BCUT2D eigenvalue weighted by atomic mass is 15.1. The summed E-state index contributed by atoms with van der Waals surface area (Å²) in [5, 5.41) is 0. The highest BCUT2D eigenvalue weighted by Gasteiger charge is 2.15. The Hall–Kier alpha value is -5.08. The summed E-state index contributed by atoms with van der Waals surface area (Å²) >= 11 is 0. The van der Waals surface area contributed by atoms with E-state index in [1.165, 1.54) is 67.3 Å². The van der Waals surface area contributed by atoms with Crippen molar-refractivity contribution in [1.82, 2.24) is 0 Å². The molecule has 2 heteroatoms. The van der Waals surface area contributed by atoms with E-state index >= 15 is 0 Å². The van der Waals surface area contributed by atoms with E-state index in [1.807, 2.05) is 55.4 Å². The van der Waals surface area contributed by atoms with Crippen LogP contribution in [0.1, 0.15) is 66.5 Å². The van der Waals surface area contributed by atoms with E-state index in [0.29, 0.717) is 0 Å². The molecule has 0 N–H and O–H groups in total. The number of para-hydroxylation sites is 2. The fourth-order valence-corrected chi connectivity index (χ4v) is 5.94. The van der Waals surface area contributed by atoms with Gasteiger partial charge in [-0.05, 0) is 83.6 Å². The van der Waals surface area contributed by atoms with Crippen molar-refractivity contribution in [1.29, 1.82) is 0 Å². The minimum Gasteiger partial charge on any atom is -0.344 e. The quantitative estimate of drug-likeness (QED) is 0.168. The van der Waals surface area contributed by atoms with Crippen molar-refractivity contribution < 1.29 is 0 Å². The molecule has 2 nitrogen and oxygen atoms in total. The third-order valence-corrected chi connectivity index (χ3v) is 8.15. The van der Waals surface area contributed by atoms with Gasteiger partial charge in [0.1, 0.15) is 0 Å². The van der Waals surface area contributed by atoms with Crippen molar-refractivity contribution in [2.45, 2.75) is 69.2 Å². The van der Waals surface area contributed by atoms with Gasteiger partial charge in [-0.25, -0.2) is 0 Å². The second-order valence-electron chi connectivity index (χ2n) is 10.9. The van der Waals surface area contributed by atoms with E-state index < -0.39 is 0 Å². The molecule has 0 aliphatic rings. The van der Waals surface area contributed by atoms with E-state index in [-0.39, 0.29) is 0 Å². The Morgan fingerprint density at radius 2 is 0.600 bits per heavy atom. The number of rotatable bonds is 7. The SMILES string of the molecule is CC.CC.CC.CC.Cc1cc(-c2ccc(N(C)c3ccccc3-c3ccccc3)c(C)c2)ccc1N(C)c1ccccc1-c1ccccc1. The van der Waals surface area contributed by atoms with Gasteiger partial charge in [0.15, 0.2) is 0 Å². The molecule has 0 heterocycles. The summed E-state index contributed by atoms with van der Waals surface area (Å²) in [6.45, 7) is 20.4. The molecule has 0 spiro atoms. The van der Waals surface area contributed by atoms with E-state index in [9.17, 15) is 0 Å². The highest BCUT2D eigenvalue weighted by molar-refractivity contribution is 5.85. The largest absolute Gasteiger partial charge is 0.344 e. The molecule has 0 saturated heterocycles. The zero-order valence-corrected chi connectivity index (χ0v) is 32.8. The molecule has 0 bridgehead atoms. The maximum absolute atomic E-state index is 2.31. The molecule has 0 atom stereocenters. The first kappa shape index (κ1) is 41.1. The molecule has 0 aliphatic heterocycles. The van der Waals surface area contributed by atoms with Gasteiger partial charge in [-0.2, -0.15) is 0 Å². The van der Waals surface area contributed by atoms with Crippen molar-refractivity contribution in [3.8, 4) is 33.4 Å². The third-order valence-electron chi connectivity index (χ3n) is 8.15. The van der Waals surface area contributed by atoms with Crippen LogP contribution in [0.15, 0.2) is 146 Å². The standard InChI is InChI=1S/C40H36N2.4C2H6/c1-29-27-33(23-25-37(29)41(3)39-21-13-11-19-35(39)31-15-7-5-8-16-31)34-24-26-38(30(2)28-34)42(4)40-22-14-12-20-36(40)32-17-9-6-10-18-32;4*1-2/h5-28H,1-4H3;4*1-2H3. The topological polar surface area (TPSA) is 6.48 Å². The normalized spacial score (nSPS) is 9.60. The average molecular weight is 665 g/mol. The smallest absolute Gasteiger partial charge is 0.0487 e. The summed E-state index contributed by atoms with van der Waals surface area (Å²) in [6.07, 6.45) is 0. The van der Waals surface area contributed by atoms with Crippen LogP contribution >= 0.6 is 0 Å². The first-order valence-corrected chi connectivity index (χ1v) is 18.5. The predicted molar refractivity (Wildman–Crippen MR) is 227 cm³/mol. The zero-order valence-electron chi connectivity index (χ0n) is 32.8. The lowest BCUT2D eigenvalue weighted by atomic mass is 9.98. The minimum atomic E-state index is 1.19. The summed E-state index contributed by atoms with van der Waals surface area (Å²) in [5.74, 6) is 0. The Morgan fingerprint density at radius 1 is 0.300 bits per heavy atom.